The van der Waals surface area contributed by atoms with E-state index in [1.807, 2.05) is 0 Å². The van der Waals surface area contributed by atoms with Gasteiger partial charge in [0.15, 0.2) is 10.5 Å². The second-order valence-corrected chi connectivity index (χ2v) is 5.28. The molecular formula is C12H15N3O4S. The van der Waals surface area contributed by atoms with Gasteiger partial charge in [0.05, 0.1) is 6.61 Å². The number of hydrogen-bond donors (Lipinski definition) is 2. The Morgan fingerprint density at radius 2 is 2.35 bits per heavy atom. The van der Waals surface area contributed by atoms with E-state index in [-0.39, 0.29) is 11.6 Å². The third-order valence-corrected chi connectivity index (χ3v) is 3.69. The number of ether oxygens (including phenoxy) is 1. The van der Waals surface area contributed by atoms with Crippen molar-refractivity contribution in [2.24, 2.45) is 0 Å². The maximum absolute atomic E-state index is 12.3. The number of fused-ring (bicyclic) bond motifs is 1. The molecule has 0 spiro atoms. The van der Waals surface area contributed by atoms with Crippen LogP contribution < -0.4 is 10.9 Å². The van der Waals surface area contributed by atoms with Crippen molar-refractivity contribution in [3.63, 3.8) is 0 Å². The maximum Gasteiger partial charge on any atom is 0.275 e. The topological polar surface area (TPSA) is 92.9 Å². The molecule has 8 heteroatoms. The fourth-order valence-electron chi connectivity index (χ4n) is 1.86. The minimum absolute atomic E-state index is 0.282. The number of hydrogen-bond acceptors (Lipinski definition) is 6. The lowest BCUT2D eigenvalue weighted by molar-refractivity contribution is 0.0900. The molecule has 20 heavy (non-hydrogen) atoms. The first-order valence-electron chi connectivity index (χ1n) is 5.95. The highest BCUT2D eigenvalue weighted by Gasteiger charge is 2.22. The van der Waals surface area contributed by atoms with Gasteiger partial charge in [0, 0.05) is 24.2 Å². The van der Waals surface area contributed by atoms with Crippen LogP contribution in [0.25, 0.3) is 4.96 Å². The Hall–Kier alpha value is -1.93. The van der Waals surface area contributed by atoms with E-state index in [0.29, 0.717) is 17.3 Å². The van der Waals surface area contributed by atoms with Gasteiger partial charge in [-0.3, -0.25) is 14.0 Å². The number of aromatic nitrogens is 2. The molecule has 0 aromatic carbocycles. The zero-order valence-electron chi connectivity index (χ0n) is 11.3. The predicted molar refractivity (Wildman–Crippen MR) is 74.5 cm³/mol. The molecule has 0 aliphatic carbocycles. The predicted octanol–water partition coefficient (Wildman–Crippen LogP) is 0.535. The number of nitrogens with one attached hydrogen (secondary N) is 1. The smallest absolute Gasteiger partial charge is 0.275 e. The first kappa shape index (κ1) is 14.5. The molecule has 108 valence electrons. The lowest BCUT2D eigenvalue weighted by atomic mass is 10.2. The summed E-state index contributed by atoms with van der Waals surface area (Å²) >= 11 is 1.22. The summed E-state index contributed by atoms with van der Waals surface area (Å²) in [6.07, 6.45) is 0. The number of nitrogens with zero attached hydrogens (tertiary/aromatic N) is 2. The number of carbonyl (C=O) groups excluding carboxylic acids is 1. The summed E-state index contributed by atoms with van der Waals surface area (Å²) in [5, 5.41) is 14.1. The number of aromatic hydroxyl groups is 1. The van der Waals surface area contributed by atoms with Gasteiger partial charge in [-0.1, -0.05) is 0 Å². The van der Waals surface area contributed by atoms with Crippen molar-refractivity contribution in [1.29, 1.82) is 0 Å². The Morgan fingerprint density at radius 3 is 3.00 bits per heavy atom. The van der Waals surface area contributed by atoms with Crippen molar-refractivity contribution in [3.05, 3.63) is 27.0 Å². The Morgan fingerprint density at radius 1 is 1.65 bits per heavy atom. The summed E-state index contributed by atoms with van der Waals surface area (Å²) < 4.78 is 6.21. The van der Waals surface area contributed by atoms with Crippen molar-refractivity contribution in [3.8, 4) is 5.88 Å². The minimum Gasteiger partial charge on any atom is -0.492 e. The van der Waals surface area contributed by atoms with E-state index >= 15 is 0 Å². The zero-order valence-corrected chi connectivity index (χ0v) is 12.2. The largest absolute Gasteiger partial charge is 0.492 e. The fourth-order valence-corrected chi connectivity index (χ4v) is 2.71. The van der Waals surface area contributed by atoms with Crippen LogP contribution in [-0.4, -0.2) is 40.2 Å². The first-order chi connectivity index (χ1) is 9.45. The minimum atomic E-state index is -0.662. The molecule has 1 atom stereocenters. The molecule has 2 N–H and O–H groups in total. The molecular weight excluding hydrogens is 282 g/mol. The quantitative estimate of drug-likeness (QED) is 0.859. The fraction of sp³-hybridized carbons (Fsp3) is 0.417. The van der Waals surface area contributed by atoms with E-state index in [0.717, 1.165) is 0 Å². The van der Waals surface area contributed by atoms with E-state index in [1.165, 1.54) is 22.8 Å². The maximum atomic E-state index is 12.3. The molecule has 2 aromatic heterocycles. The number of carbonyl (C=O) groups is 1. The Labute approximate surface area is 118 Å². The van der Waals surface area contributed by atoms with E-state index in [1.54, 1.807) is 19.2 Å². The van der Waals surface area contributed by atoms with Crippen LogP contribution in [0.1, 0.15) is 23.0 Å². The number of methoxy groups -OCH3 is 1. The normalized spacial score (nSPS) is 12.6. The van der Waals surface area contributed by atoms with Gasteiger partial charge >= 0.3 is 0 Å². The van der Waals surface area contributed by atoms with Crippen LogP contribution in [0.3, 0.4) is 0 Å². The summed E-state index contributed by atoms with van der Waals surface area (Å²) in [5.41, 5.74) is -0.262. The van der Waals surface area contributed by atoms with Crippen LogP contribution in [0, 0.1) is 6.92 Å². The van der Waals surface area contributed by atoms with E-state index in [4.69, 9.17) is 4.74 Å². The summed E-state index contributed by atoms with van der Waals surface area (Å²) in [5.74, 6) is -1.22. The molecule has 0 saturated carbocycles. The van der Waals surface area contributed by atoms with Crippen LogP contribution in [-0.2, 0) is 4.74 Å². The average Bonchev–Trinajstić information content (AvgIpc) is 2.70. The van der Waals surface area contributed by atoms with Crippen LogP contribution in [0.2, 0.25) is 0 Å². The monoisotopic (exact) mass is 297 g/mol. The van der Waals surface area contributed by atoms with Crippen molar-refractivity contribution >= 4 is 22.2 Å². The number of rotatable bonds is 4. The number of amides is 1. The van der Waals surface area contributed by atoms with Gasteiger partial charge in [-0.05, 0) is 13.8 Å². The van der Waals surface area contributed by atoms with Gasteiger partial charge in [0.1, 0.15) is 0 Å². The SMILES string of the molecule is COC[C@@H](C)NC(=O)c1c(O)nc2scc(C)n2c1=O. The molecule has 0 bridgehead atoms. The summed E-state index contributed by atoms with van der Waals surface area (Å²) in [7, 11) is 1.51. The summed E-state index contributed by atoms with van der Waals surface area (Å²) in [4.78, 5) is 28.6. The number of thiazole rings is 1. The lowest BCUT2D eigenvalue weighted by Gasteiger charge is -2.12. The molecule has 7 nitrogen and oxygen atoms in total. The molecule has 1 amide bonds. The van der Waals surface area contributed by atoms with Gasteiger partial charge < -0.3 is 15.2 Å². The van der Waals surface area contributed by atoms with E-state index in [9.17, 15) is 14.7 Å². The first-order valence-corrected chi connectivity index (χ1v) is 6.83. The molecule has 2 rings (SSSR count). The van der Waals surface area contributed by atoms with Crippen LogP contribution >= 0.6 is 11.3 Å². The third-order valence-electron chi connectivity index (χ3n) is 2.74. The highest BCUT2D eigenvalue weighted by Crippen LogP contribution is 2.17. The van der Waals surface area contributed by atoms with Crippen LogP contribution in [0.15, 0.2) is 10.2 Å². The van der Waals surface area contributed by atoms with Gasteiger partial charge in [-0.25, -0.2) is 0 Å². The van der Waals surface area contributed by atoms with Gasteiger partial charge in [0.25, 0.3) is 11.5 Å². The Bertz CT molecular complexity index is 707. The van der Waals surface area contributed by atoms with Crippen molar-refractivity contribution in [2.45, 2.75) is 19.9 Å². The van der Waals surface area contributed by atoms with Gasteiger partial charge in [-0.2, -0.15) is 4.98 Å². The second kappa shape index (κ2) is 5.59. The van der Waals surface area contributed by atoms with Gasteiger partial charge in [-0.15, -0.1) is 11.3 Å². The van der Waals surface area contributed by atoms with E-state index in [2.05, 4.69) is 10.3 Å². The van der Waals surface area contributed by atoms with E-state index < -0.39 is 17.3 Å². The zero-order chi connectivity index (χ0) is 14.9. The Kier molecular flexibility index (Phi) is 4.05. The molecule has 0 radical (unpaired) electrons. The standard InChI is InChI=1S/C12H15N3O4S/c1-6(4-19-3)13-9(16)8-10(17)14-12-15(11(8)18)7(2)5-20-12/h5-6,17H,4H2,1-3H3,(H,13,16)/t6-/m1/s1. The second-order valence-electron chi connectivity index (χ2n) is 4.44. The molecule has 2 heterocycles. The van der Waals surface area contributed by atoms with Crippen LogP contribution in [0.4, 0.5) is 0 Å². The van der Waals surface area contributed by atoms with Gasteiger partial charge in [0.2, 0.25) is 5.88 Å². The van der Waals surface area contributed by atoms with Crippen LogP contribution in [0.5, 0.6) is 5.88 Å². The lowest BCUT2D eigenvalue weighted by Crippen LogP contribution is -2.39. The summed E-state index contributed by atoms with van der Waals surface area (Å²) in [6, 6.07) is -0.282. The molecule has 0 aliphatic heterocycles. The highest BCUT2D eigenvalue weighted by atomic mass is 32.1. The molecule has 0 aliphatic rings. The molecule has 0 unspecified atom stereocenters. The summed E-state index contributed by atoms with van der Waals surface area (Å²) in [6.45, 7) is 3.78. The molecule has 0 fully saturated rings. The average molecular weight is 297 g/mol. The van der Waals surface area contributed by atoms with Crippen molar-refractivity contribution in [2.75, 3.05) is 13.7 Å². The molecule has 0 saturated heterocycles. The molecule has 2 aromatic rings. The third kappa shape index (κ3) is 2.52. The Balaban J connectivity index is 2.46. The highest BCUT2D eigenvalue weighted by molar-refractivity contribution is 7.15. The number of aryl methyl sites for hydroxylation is 1. The van der Waals surface area contributed by atoms with Crippen molar-refractivity contribution in [1.82, 2.24) is 14.7 Å². The van der Waals surface area contributed by atoms with Crippen molar-refractivity contribution < 1.29 is 14.6 Å².